The number of likely N-dealkylation sites (tertiary alicyclic amines) is 1. The highest BCUT2D eigenvalue weighted by molar-refractivity contribution is 5.80. The van der Waals surface area contributed by atoms with E-state index in [1.807, 2.05) is 0 Å². The molecule has 2 rings (SSSR count). The van der Waals surface area contributed by atoms with Crippen LogP contribution in [0, 0.1) is 23.7 Å². The molecule has 1 unspecified atom stereocenters. The van der Waals surface area contributed by atoms with Crippen molar-refractivity contribution >= 4 is 5.91 Å². The van der Waals surface area contributed by atoms with Crippen molar-refractivity contribution in [3.05, 3.63) is 0 Å². The Labute approximate surface area is 124 Å². The molecule has 0 aromatic rings. The smallest absolute Gasteiger partial charge is 0.226 e. The van der Waals surface area contributed by atoms with Crippen LogP contribution in [0.4, 0.5) is 0 Å². The van der Waals surface area contributed by atoms with Gasteiger partial charge in [-0.2, -0.15) is 0 Å². The number of nitrogens with zero attached hydrogens (tertiary/aromatic N) is 1. The van der Waals surface area contributed by atoms with E-state index in [1.165, 1.54) is 12.8 Å². The van der Waals surface area contributed by atoms with Gasteiger partial charge in [0.15, 0.2) is 0 Å². The van der Waals surface area contributed by atoms with Crippen LogP contribution in [0.3, 0.4) is 0 Å². The van der Waals surface area contributed by atoms with Gasteiger partial charge in [-0.15, -0.1) is 0 Å². The van der Waals surface area contributed by atoms with Crippen LogP contribution in [-0.4, -0.2) is 36.6 Å². The molecule has 0 aliphatic carbocycles. The summed E-state index contributed by atoms with van der Waals surface area (Å²) in [6.45, 7) is 11.5. The van der Waals surface area contributed by atoms with Crippen molar-refractivity contribution < 1.29 is 9.53 Å². The number of carbonyl (C=O) groups is 1. The molecular weight excluding hydrogens is 250 g/mol. The SMILES string of the molecule is CC(C)C(C(=O)N1CCC[C@H]1C(C)C)C1CCOCC1. The Balaban J connectivity index is 2.10. The standard InChI is InChI=1S/C17H31NO2/c1-12(2)15-6-5-9-18(15)17(19)16(13(3)4)14-7-10-20-11-8-14/h12-16H,5-11H2,1-4H3/t15-,16?/m0/s1. The number of hydrogen-bond donors (Lipinski definition) is 0. The van der Waals surface area contributed by atoms with Gasteiger partial charge in [-0.1, -0.05) is 27.7 Å². The molecule has 0 radical (unpaired) electrons. The Morgan fingerprint density at radius 2 is 1.75 bits per heavy atom. The van der Waals surface area contributed by atoms with E-state index in [0.717, 1.165) is 32.6 Å². The topological polar surface area (TPSA) is 29.5 Å². The first kappa shape index (κ1) is 15.8. The molecule has 2 heterocycles. The molecule has 2 saturated heterocycles. The fourth-order valence-corrected chi connectivity index (χ4v) is 4.06. The number of rotatable bonds is 4. The molecular formula is C17H31NO2. The van der Waals surface area contributed by atoms with Gasteiger partial charge >= 0.3 is 0 Å². The van der Waals surface area contributed by atoms with Gasteiger partial charge in [0.1, 0.15) is 0 Å². The van der Waals surface area contributed by atoms with Gasteiger partial charge in [0.05, 0.1) is 0 Å². The second-order valence-corrected chi connectivity index (χ2v) is 7.20. The molecule has 0 bridgehead atoms. The quantitative estimate of drug-likeness (QED) is 0.791. The van der Waals surface area contributed by atoms with Gasteiger partial charge in [-0.05, 0) is 43.4 Å². The number of ether oxygens (including phenoxy) is 1. The van der Waals surface area contributed by atoms with Crippen molar-refractivity contribution in [2.75, 3.05) is 19.8 Å². The number of carbonyl (C=O) groups excluding carboxylic acids is 1. The van der Waals surface area contributed by atoms with E-state index >= 15 is 0 Å². The van der Waals surface area contributed by atoms with Crippen LogP contribution in [0.5, 0.6) is 0 Å². The summed E-state index contributed by atoms with van der Waals surface area (Å²) in [5.41, 5.74) is 0. The fraction of sp³-hybridized carbons (Fsp3) is 0.941. The molecule has 3 heteroatoms. The van der Waals surface area contributed by atoms with E-state index < -0.39 is 0 Å². The zero-order chi connectivity index (χ0) is 14.7. The minimum absolute atomic E-state index is 0.193. The second kappa shape index (κ2) is 6.93. The zero-order valence-corrected chi connectivity index (χ0v) is 13.6. The predicted octanol–water partition coefficient (Wildman–Crippen LogP) is 3.33. The minimum Gasteiger partial charge on any atom is -0.381 e. The maximum atomic E-state index is 13.1. The van der Waals surface area contributed by atoms with Crippen LogP contribution in [0.25, 0.3) is 0 Å². The van der Waals surface area contributed by atoms with E-state index in [4.69, 9.17) is 4.74 Å². The third-order valence-corrected chi connectivity index (χ3v) is 5.13. The van der Waals surface area contributed by atoms with Gasteiger partial charge < -0.3 is 9.64 Å². The summed E-state index contributed by atoms with van der Waals surface area (Å²) in [7, 11) is 0. The second-order valence-electron chi connectivity index (χ2n) is 7.20. The molecule has 0 aromatic carbocycles. The van der Waals surface area contributed by atoms with Crippen molar-refractivity contribution in [2.45, 2.75) is 59.4 Å². The summed E-state index contributed by atoms with van der Waals surface area (Å²) >= 11 is 0. The number of amides is 1. The minimum atomic E-state index is 0.193. The van der Waals surface area contributed by atoms with Gasteiger partial charge in [-0.3, -0.25) is 4.79 Å². The van der Waals surface area contributed by atoms with E-state index in [9.17, 15) is 4.79 Å². The lowest BCUT2D eigenvalue weighted by Gasteiger charge is -2.37. The van der Waals surface area contributed by atoms with Crippen LogP contribution >= 0.6 is 0 Å². The molecule has 2 aliphatic rings. The molecule has 3 nitrogen and oxygen atoms in total. The Morgan fingerprint density at radius 1 is 1.10 bits per heavy atom. The van der Waals surface area contributed by atoms with Crippen LogP contribution in [0.2, 0.25) is 0 Å². The highest BCUT2D eigenvalue weighted by Crippen LogP contribution is 2.34. The lowest BCUT2D eigenvalue weighted by molar-refractivity contribution is -0.142. The Hall–Kier alpha value is -0.570. The Bertz CT molecular complexity index is 321. The largest absolute Gasteiger partial charge is 0.381 e. The monoisotopic (exact) mass is 281 g/mol. The van der Waals surface area contributed by atoms with Gasteiger partial charge in [0.2, 0.25) is 5.91 Å². The molecule has 2 aliphatic heterocycles. The summed E-state index contributed by atoms with van der Waals surface area (Å²) in [4.78, 5) is 15.3. The van der Waals surface area contributed by atoms with Crippen LogP contribution < -0.4 is 0 Å². The highest BCUT2D eigenvalue weighted by atomic mass is 16.5. The zero-order valence-electron chi connectivity index (χ0n) is 13.6. The normalized spacial score (nSPS) is 26.5. The van der Waals surface area contributed by atoms with Crippen LogP contribution in [-0.2, 0) is 9.53 Å². The third kappa shape index (κ3) is 3.36. The Kier molecular flexibility index (Phi) is 5.48. The van der Waals surface area contributed by atoms with Crippen molar-refractivity contribution in [1.82, 2.24) is 4.90 Å². The summed E-state index contributed by atoms with van der Waals surface area (Å²) in [6.07, 6.45) is 4.46. The molecule has 2 fully saturated rings. The third-order valence-electron chi connectivity index (χ3n) is 5.13. The average molecular weight is 281 g/mol. The maximum Gasteiger partial charge on any atom is 0.226 e. The molecule has 1 amide bonds. The number of hydrogen-bond acceptors (Lipinski definition) is 2. The van der Waals surface area contributed by atoms with Crippen LogP contribution in [0.15, 0.2) is 0 Å². The van der Waals surface area contributed by atoms with E-state index in [1.54, 1.807) is 0 Å². The van der Waals surface area contributed by atoms with Crippen molar-refractivity contribution in [3.63, 3.8) is 0 Å². The molecule has 2 atom stereocenters. The van der Waals surface area contributed by atoms with Gasteiger partial charge in [0.25, 0.3) is 0 Å². The maximum absolute atomic E-state index is 13.1. The van der Waals surface area contributed by atoms with Crippen LogP contribution in [0.1, 0.15) is 53.4 Å². The first-order chi connectivity index (χ1) is 9.52. The first-order valence-corrected chi connectivity index (χ1v) is 8.40. The van der Waals surface area contributed by atoms with Crippen molar-refractivity contribution in [2.24, 2.45) is 23.7 Å². The summed E-state index contributed by atoms with van der Waals surface area (Å²) in [5, 5.41) is 0. The van der Waals surface area contributed by atoms with Gasteiger partial charge in [0, 0.05) is 31.7 Å². The lowest BCUT2D eigenvalue weighted by Crippen LogP contribution is -2.46. The lowest BCUT2D eigenvalue weighted by atomic mass is 9.78. The molecule has 0 N–H and O–H groups in total. The summed E-state index contributed by atoms with van der Waals surface area (Å²) in [5.74, 6) is 2.13. The first-order valence-electron chi connectivity index (χ1n) is 8.40. The van der Waals surface area contributed by atoms with Crippen molar-refractivity contribution in [1.29, 1.82) is 0 Å². The predicted molar refractivity (Wildman–Crippen MR) is 81.4 cm³/mol. The van der Waals surface area contributed by atoms with E-state index in [0.29, 0.717) is 29.7 Å². The molecule has 20 heavy (non-hydrogen) atoms. The summed E-state index contributed by atoms with van der Waals surface area (Å²) < 4.78 is 5.47. The Morgan fingerprint density at radius 3 is 2.30 bits per heavy atom. The molecule has 116 valence electrons. The van der Waals surface area contributed by atoms with E-state index in [-0.39, 0.29) is 5.92 Å². The molecule has 0 aromatic heterocycles. The highest BCUT2D eigenvalue weighted by Gasteiger charge is 2.39. The molecule has 0 saturated carbocycles. The van der Waals surface area contributed by atoms with E-state index in [2.05, 4.69) is 32.6 Å². The molecule has 0 spiro atoms. The van der Waals surface area contributed by atoms with Crippen molar-refractivity contribution in [3.8, 4) is 0 Å². The summed E-state index contributed by atoms with van der Waals surface area (Å²) in [6, 6.07) is 0.462. The average Bonchev–Trinajstić information content (AvgIpc) is 2.89. The van der Waals surface area contributed by atoms with Gasteiger partial charge in [-0.25, -0.2) is 0 Å². The fourth-order valence-electron chi connectivity index (χ4n) is 4.06.